The van der Waals surface area contributed by atoms with E-state index >= 15 is 0 Å². The normalized spacial score (nSPS) is 9.57. The van der Waals surface area contributed by atoms with Gasteiger partial charge in [-0.3, -0.25) is 0 Å². The van der Waals surface area contributed by atoms with Gasteiger partial charge in [-0.05, 0) is 6.42 Å². The fourth-order valence-electron chi connectivity index (χ4n) is 0.207. The summed E-state index contributed by atoms with van der Waals surface area (Å²) in [4.78, 5) is 16.5. The van der Waals surface area contributed by atoms with E-state index in [1.54, 1.807) is 6.08 Å². The quantitative estimate of drug-likeness (QED) is 0.428. The van der Waals surface area contributed by atoms with Gasteiger partial charge in [0.1, 0.15) is 0 Å². The topological polar surface area (TPSA) is 40.5 Å². The Morgan fingerprint density at radius 2 is 2.14 bits per heavy atom. The van der Waals surface area contributed by atoms with Gasteiger partial charge in [0.15, 0.2) is 8.38 Å². The van der Waals surface area contributed by atoms with Gasteiger partial charge in [-0.2, -0.15) is 0 Å². The van der Waals surface area contributed by atoms with E-state index in [2.05, 4.69) is 6.58 Å². The van der Waals surface area contributed by atoms with Gasteiger partial charge in [-0.15, -0.1) is 6.58 Å². The highest BCUT2D eigenvalue weighted by Crippen LogP contribution is 2.22. The van der Waals surface area contributed by atoms with Crippen molar-refractivity contribution in [1.82, 2.24) is 0 Å². The van der Waals surface area contributed by atoms with Crippen molar-refractivity contribution in [2.24, 2.45) is 0 Å². The molecule has 0 radical (unpaired) electrons. The molecule has 0 saturated carbocycles. The molecule has 0 rings (SSSR count). The summed E-state index contributed by atoms with van der Waals surface area (Å²) in [5, 5.41) is 0. The molecule has 0 bridgehead atoms. The molecule has 0 aromatic carbocycles. The predicted octanol–water partition coefficient (Wildman–Crippen LogP) is 0.859. The molecule has 2 nitrogen and oxygen atoms in total. The van der Waals surface area contributed by atoms with Gasteiger partial charge >= 0.3 is 0 Å². The molecule has 0 saturated heterocycles. The van der Waals surface area contributed by atoms with Crippen LogP contribution in [0.5, 0.6) is 0 Å². The van der Waals surface area contributed by atoms with Crippen molar-refractivity contribution in [3.8, 4) is 0 Å². The Kier molecular flexibility index (Phi) is 4.31. The lowest BCUT2D eigenvalue weighted by Crippen LogP contribution is -1.76. The second-order valence-corrected chi connectivity index (χ2v) is 2.37. The highest BCUT2D eigenvalue weighted by molar-refractivity contribution is 7.45. The largest absolute Gasteiger partial charge is 0.350 e. The van der Waals surface area contributed by atoms with Crippen molar-refractivity contribution in [3.05, 3.63) is 12.7 Å². The fourth-order valence-corrected chi connectivity index (χ4v) is 0.620. The Morgan fingerprint density at radius 3 is 2.29 bits per heavy atom. The molecule has 3 heteroatoms. The van der Waals surface area contributed by atoms with E-state index in [-0.39, 0.29) is 0 Å². The zero-order chi connectivity index (χ0) is 5.70. The molecule has 0 atom stereocenters. The standard InChI is InChI=1S/C4H9O2P/c1-2-3-4-7(5)6/h2,5-6H,1,3-4H2. The predicted molar refractivity (Wildman–Crippen MR) is 31.0 cm³/mol. The first kappa shape index (κ1) is 7.09. The second-order valence-electron chi connectivity index (χ2n) is 1.17. The van der Waals surface area contributed by atoms with Crippen LogP contribution < -0.4 is 0 Å². The third-order valence-electron chi connectivity index (χ3n) is 0.533. The van der Waals surface area contributed by atoms with Gasteiger partial charge in [0.05, 0.1) is 0 Å². The van der Waals surface area contributed by atoms with Gasteiger partial charge in [0.25, 0.3) is 0 Å². The molecule has 0 aliphatic heterocycles. The zero-order valence-corrected chi connectivity index (χ0v) is 4.93. The Labute approximate surface area is 44.4 Å². The van der Waals surface area contributed by atoms with Crippen LogP contribution in [0.2, 0.25) is 0 Å². The van der Waals surface area contributed by atoms with Crippen molar-refractivity contribution in [2.75, 3.05) is 6.16 Å². The van der Waals surface area contributed by atoms with E-state index in [4.69, 9.17) is 9.79 Å². The molecular formula is C4H9O2P. The summed E-state index contributed by atoms with van der Waals surface area (Å²) in [6.07, 6.45) is 2.82. The summed E-state index contributed by atoms with van der Waals surface area (Å²) < 4.78 is 0. The minimum Gasteiger partial charge on any atom is -0.350 e. The SMILES string of the molecule is C=CCCP(O)O. The molecule has 0 heterocycles. The van der Waals surface area contributed by atoms with Gasteiger partial charge in [0.2, 0.25) is 0 Å². The number of rotatable bonds is 3. The lowest BCUT2D eigenvalue weighted by molar-refractivity contribution is 0.483. The Bertz CT molecular complexity index is 53.7. The first-order chi connectivity index (χ1) is 3.27. The third-order valence-corrected chi connectivity index (χ3v) is 1.19. The molecule has 0 aromatic rings. The maximum Gasteiger partial charge on any atom is 0.165 e. The van der Waals surface area contributed by atoms with Crippen LogP contribution >= 0.6 is 8.38 Å². The molecule has 0 unspecified atom stereocenters. The first-order valence-electron chi connectivity index (χ1n) is 2.03. The fraction of sp³-hybridized carbons (Fsp3) is 0.500. The number of hydrogen-bond acceptors (Lipinski definition) is 2. The van der Waals surface area contributed by atoms with E-state index < -0.39 is 8.38 Å². The molecule has 0 fully saturated rings. The summed E-state index contributed by atoms with van der Waals surface area (Å²) in [6.45, 7) is 3.42. The third kappa shape index (κ3) is 6.09. The van der Waals surface area contributed by atoms with Gasteiger partial charge in [-0.25, -0.2) is 0 Å². The van der Waals surface area contributed by atoms with Crippen LogP contribution in [0.1, 0.15) is 6.42 Å². The molecule has 2 N–H and O–H groups in total. The second kappa shape index (κ2) is 4.25. The molecule has 0 spiro atoms. The van der Waals surface area contributed by atoms with Crippen LogP contribution in [0, 0.1) is 0 Å². The monoisotopic (exact) mass is 120 g/mol. The summed E-state index contributed by atoms with van der Waals surface area (Å²) in [5.41, 5.74) is 0. The smallest absolute Gasteiger partial charge is 0.165 e. The minimum atomic E-state index is -1.68. The van der Waals surface area contributed by atoms with Gasteiger partial charge < -0.3 is 9.79 Å². The molecular weight excluding hydrogens is 111 g/mol. The van der Waals surface area contributed by atoms with Gasteiger partial charge in [-0.1, -0.05) is 6.08 Å². The van der Waals surface area contributed by atoms with Crippen LogP contribution in [0.3, 0.4) is 0 Å². The van der Waals surface area contributed by atoms with Gasteiger partial charge in [0, 0.05) is 6.16 Å². The number of allylic oxidation sites excluding steroid dienone is 1. The van der Waals surface area contributed by atoms with E-state index in [0.29, 0.717) is 12.6 Å². The lowest BCUT2D eigenvalue weighted by atomic mass is 10.5. The molecule has 0 aliphatic rings. The van der Waals surface area contributed by atoms with Crippen molar-refractivity contribution in [3.63, 3.8) is 0 Å². The summed E-state index contributed by atoms with van der Waals surface area (Å²) >= 11 is 0. The van der Waals surface area contributed by atoms with Crippen LogP contribution in [-0.4, -0.2) is 15.9 Å². The zero-order valence-electron chi connectivity index (χ0n) is 4.04. The Hall–Kier alpha value is 0.0900. The minimum absolute atomic E-state index is 0.457. The van der Waals surface area contributed by atoms with Crippen LogP contribution in [0.15, 0.2) is 12.7 Å². The van der Waals surface area contributed by atoms with E-state index in [1.807, 2.05) is 0 Å². The van der Waals surface area contributed by atoms with Crippen molar-refractivity contribution in [2.45, 2.75) is 6.42 Å². The first-order valence-corrected chi connectivity index (χ1v) is 3.47. The van der Waals surface area contributed by atoms with Crippen molar-refractivity contribution >= 4 is 8.38 Å². The highest BCUT2D eigenvalue weighted by atomic mass is 31.2. The van der Waals surface area contributed by atoms with Crippen LogP contribution in [-0.2, 0) is 0 Å². The summed E-state index contributed by atoms with van der Waals surface area (Å²) in [6, 6.07) is 0. The Balaban J connectivity index is 2.81. The molecule has 0 aromatic heterocycles. The van der Waals surface area contributed by atoms with Crippen LogP contribution in [0.4, 0.5) is 0 Å². The maximum absolute atomic E-state index is 8.26. The van der Waals surface area contributed by atoms with E-state index in [0.717, 1.165) is 0 Å². The van der Waals surface area contributed by atoms with Crippen molar-refractivity contribution in [1.29, 1.82) is 0 Å². The van der Waals surface area contributed by atoms with E-state index in [9.17, 15) is 0 Å². The van der Waals surface area contributed by atoms with Crippen LogP contribution in [0.25, 0.3) is 0 Å². The van der Waals surface area contributed by atoms with E-state index in [1.165, 1.54) is 0 Å². The molecule has 42 valence electrons. The lowest BCUT2D eigenvalue weighted by Gasteiger charge is -1.94. The van der Waals surface area contributed by atoms with Crippen molar-refractivity contribution < 1.29 is 9.79 Å². The average molecular weight is 120 g/mol. The molecule has 0 aliphatic carbocycles. The average Bonchev–Trinajstić information content (AvgIpc) is 1.61. The molecule has 7 heavy (non-hydrogen) atoms. The summed E-state index contributed by atoms with van der Waals surface area (Å²) in [5.74, 6) is 0. The number of hydrogen-bond donors (Lipinski definition) is 2. The maximum atomic E-state index is 8.26. The Morgan fingerprint density at radius 1 is 1.57 bits per heavy atom. The summed E-state index contributed by atoms with van der Waals surface area (Å²) in [7, 11) is -1.68. The highest BCUT2D eigenvalue weighted by Gasteiger charge is 1.91. The molecule has 0 amide bonds.